The topological polar surface area (TPSA) is 21.3 Å². The summed E-state index contributed by atoms with van der Waals surface area (Å²) in [7, 11) is 0. The molecule has 0 aliphatic heterocycles. The largest absolute Gasteiger partial charge is 0.374 e. The summed E-state index contributed by atoms with van der Waals surface area (Å²) in [4.78, 5) is 0. The van der Waals surface area contributed by atoms with Crippen molar-refractivity contribution in [1.82, 2.24) is 5.32 Å². The average molecular weight is 241 g/mol. The molecule has 0 saturated heterocycles. The number of hydrogen-bond acceptors (Lipinski definition) is 2. The van der Waals surface area contributed by atoms with Gasteiger partial charge in [-0.1, -0.05) is 32.6 Å². The van der Waals surface area contributed by atoms with E-state index in [1.165, 1.54) is 44.9 Å². The van der Waals surface area contributed by atoms with E-state index in [1.54, 1.807) is 0 Å². The van der Waals surface area contributed by atoms with Gasteiger partial charge in [0, 0.05) is 18.7 Å². The molecule has 1 N–H and O–H groups in total. The molecule has 0 aromatic carbocycles. The first-order valence-corrected chi connectivity index (χ1v) is 7.36. The molecule has 0 radical (unpaired) electrons. The first kappa shape index (κ1) is 15.0. The van der Waals surface area contributed by atoms with Gasteiger partial charge in [-0.15, -0.1) is 0 Å². The molecule has 17 heavy (non-hydrogen) atoms. The van der Waals surface area contributed by atoms with E-state index in [4.69, 9.17) is 4.74 Å². The van der Waals surface area contributed by atoms with E-state index in [0.717, 1.165) is 13.2 Å². The maximum atomic E-state index is 6.23. The molecule has 0 aromatic heterocycles. The van der Waals surface area contributed by atoms with Crippen LogP contribution in [0.5, 0.6) is 0 Å². The Kier molecular flexibility index (Phi) is 5.94. The monoisotopic (exact) mass is 241 g/mol. The number of rotatable bonds is 7. The minimum Gasteiger partial charge on any atom is -0.374 e. The predicted octanol–water partition coefficient (Wildman–Crippen LogP) is 3.89. The van der Waals surface area contributed by atoms with Crippen LogP contribution in [-0.4, -0.2) is 24.3 Å². The molecule has 0 heterocycles. The van der Waals surface area contributed by atoms with Gasteiger partial charge >= 0.3 is 0 Å². The molecule has 0 atom stereocenters. The third-order valence-electron chi connectivity index (χ3n) is 3.61. The molecule has 1 fully saturated rings. The Bertz CT molecular complexity index is 201. The van der Waals surface area contributed by atoms with Gasteiger partial charge < -0.3 is 10.1 Å². The van der Waals surface area contributed by atoms with E-state index in [-0.39, 0.29) is 11.1 Å². The van der Waals surface area contributed by atoms with Gasteiger partial charge in [0.1, 0.15) is 0 Å². The summed E-state index contributed by atoms with van der Waals surface area (Å²) < 4.78 is 6.23. The number of hydrogen-bond donors (Lipinski definition) is 1. The molecule has 0 aromatic rings. The second-order valence-corrected chi connectivity index (χ2v) is 6.55. The zero-order valence-electron chi connectivity index (χ0n) is 12.3. The van der Waals surface area contributed by atoms with Crippen molar-refractivity contribution < 1.29 is 4.74 Å². The SMILES string of the molecule is CCCCCOC1(CNC(C)(C)C)CCCC1. The summed E-state index contributed by atoms with van der Waals surface area (Å²) in [5.41, 5.74) is 0.337. The highest BCUT2D eigenvalue weighted by molar-refractivity contribution is 4.90. The molecule has 1 saturated carbocycles. The Morgan fingerprint density at radius 3 is 2.29 bits per heavy atom. The Morgan fingerprint density at radius 1 is 1.12 bits per heavy atom. The Hall–Kier alpha value is -0.0800. The van der Waals surface area contributed by atoms with Gasteiger partial charge in [0.05, 0.1) is 5.60 Å². The fourth-order valence-electron chi connectivity index (χ4n) is 2.46. The van der Waals surface area contributed by atoms with Crippen molar-refractivity contribution in [3.63, 3.8) is 0 Å². The van der Waals surface area contributed by atoms with Crippen LogP contribution in [0.2, 0.25) is 0 Å². The summed E-state index contributed by atoms with van der Waals surface area (Å²) in [5, 5.41) is 3.62. The second-order valence-electron chi connectivity index (χ2n) is 6.55. The van der Waals surface area contributed by atoms with Crippen LogP contribution in [0.4, 0.5) is 0 Å². The standard InChI is InChI=1S/C15H31NO/c1-5-6-9-12-17-15(10-7-8-11-15)13-16-14(2,3)4/h16H,5-13H2,1-4H3. The fraction of sp³-hybridized carbons (Fsp3) is 1.00. The quantitative estimate of drug-likeness (QED) is 0.683. The van der Waals surface area contributed by atoms with E-state index in [2.05, 4.69) is 33.0 Å². The molecule has 2 nitrogen and oxygen atoms in total. The summed E-state index contributed by atoms with van der Waals surface area (Å²) in [6.07, 6.45) is 8.93. The average Bonchev–Trinajstić information content (AvgIpc) is 2.71. The van der Waals surface area contributed by atoms with E-state index in [0.29, 0.717) is 0 Å². The lowest BCUT2D eigenvalue weighted by atomic mass is 9.99. The lowest BCUT2D eigenvalue weighted by Gasteiger charge is -2.33. The van der Waals surface area contributed by atoms with Crippen molar-refractivity contribution in [3.8, 4) is 0 Å². The minimum absolute atomic E-state index is 0.140. The normalized spacial score (nSPS) is 19.8. The molecule has 1 aliphatic rings. The maximum Gasteiger partial charge on any atom is 0.0806 e. The van der Waals surface area contributed by atoms with Gasteiger partial charge in [0.25, 0.3) is 0 Å². The van der Waals surface area contributed by atoms with Crippen LogP contribution >= 0.6 is 0 Å². The zero-order chi connectivity index (χ0) is 12.8. The molecule has 0 spiro atoms. The molecule has 0 unspecified atom stereocenters. The Morgan fingerprint density at radius 2 is 1.76 bits per heavy atom. The third-order valence-corrected chi connectivity index (χ3v) is 3.61. The van der Waals surface area contributed by atoms with Crippen LogP contribution < -0.4 is 5.32 Å². The highest BCUT2D eigenvalue weighted by Crippen LogP contribution is 2.33. The van der Waals surface area contributed by atoms with Crippen LogP contribution in [0.1, 0.15) is 72.6 Å². The molecule has 0 bridgehead atoms. The Balaban J connectivity index is 2.34. The lowest BCUT2D eigenvalue weighted by Crippen LogP contribution is -2.48. The lowest BCUT2D eigenvalue weighted by molar-refractivity contribution is -0.0439. The maximum absolute atomic E-state index is 6.23. The molecule has 2 heteroatoms. The summed E-state index contributed by atoms with van der Waals surface area (Å²) in [5.74, 6) is 0. The summed E-state index contributed by atoms with van der Waals surface area (Å²) >= 11 is 0. The molecule has 0 amide bonds. The Labute approximate surface area is 108 Å². The minimum atomic E-state index is 0.140. The van der Waals surface area contributed by atoms with Crippen LogP contribution in [0.25, 0.3) is 0 Å². The second kappa shape index (κ2) is 6.75. The van der Waals surface area contributed by atoms with Crippen molar-refractivity contribution in [2.24, 2.45) is 0 Å². The van der Waals surface area contributed by atoms with Gasteiger partial charge in [-0.2, -0.15) is 0 Å². The first-order chi connectivity index (χ1) is 7.97. The van der Waals surface area contributed by atoms with Crippen molar-refractivity contribution in [2.75, 3.05) is 13.2 Å². The van der Waals surface area contributed by atoms with Gasteiger partial charge in [0.15, 0.2) is 0 Å². The van der Waals surface area contributed by atoms with Gasteiger partial charge in [-0.25, -0.2) is 0 Å². The molecular weight excluding hydrogens is 210 g/mol. The predicted molar refractivity (Wildman–Crippen MR) is 74.4 cm³/mol. The summed E-state index contributed by atoms with van der Waals surface area (Å²) in [6.45, 7) is 10.9. The molecule has 1 aliphatic carbocycles. The fourth-order valence-corrected chi connectivity index (χ4v) is 2.46. The van der Waals surface area contributed by atoms with Gasteiger partial charge in [-0.3, -0.25) is 0 Å². The van der Waals surface area contributed by atoms with Crippen LogP contribution in [-0.2, 0) is 4.74 Å². The number of nitrogens with one attached hydrogen (secondary N) is 1. The van der Waals surface area contributed by atoms with Crippen LogP contribution in [0, 0.1) is 0 Å². The van der Waals surface area contributed by atoms with E-state index in [1.807, 2.05) is 0 Å². The highest BCUT2D eigenvalue weighted by atomic mass is 16.5. The molecule has 1 rings (SSSR count). The zero-order valence-corrected chi connectivity index (χ0v) is 12.3. The number of ether oxygens (including phenoxy) is 1. The summed E-state index contributed by atoms with van der Waals surface area (Å²) in [6, 6.07) is 0. The van der Waals surface area contributed by atoms with Crippen LogP contribution in [0.15, 0.2) is 0 Å². The van der Waals surface area contributed by atoms with Gasteiger partial charge in [-0.05, 0) is 40.0 Å². The smallest absolute Gasteiger partial charge is 0.0806 e. The highest BCUT2D eigenvalue weighted by Gasteiger charge is 2.35. The van der Waals surface area contributed by atoms with Crippen molar-refractivity contribution >= 4 is 0 Å². The third kappa shape index (κ3) is 5.87. The van der Waals surface area contributed by atoms with Crippen molar-refractivity contribution in [3.05, 3.63) is 0 Å². The molecular formula is C15H31NO. The van der Waals surface area contributed by atoms with Crippen LogP contribution in [0.3, 0.4) is 0 Å². The molecule has 102 valence electrons. The van der Waals surface area contributed by atoms with Crippen molar-refractivity contribution in [1.29, 1.82) is 0 Å². The first-order valence-electron chi connectivity index (χ1n) is 7.36. The van der Waals surface area contributed by atoms with Crippen molar-refractivity contribution in [2.45, 2.75) is 83.8 Å². The number of unbranched alkanes of at least 4 members (excludes halogenated alkanes) is 2. The van der Waals surface area contributed by atoms with E-state index in [9.17, 15) is 0 Å². The van der Waals surface area contributed by atoms with Gasteiger partial charge in [0.2, 0.25) is 0 Å². The van der Waals surface area contributed by atoms with E-state index < -0.39 is 0 Å². The van der Waals surface area contributed by atoms with E-state index >= 15 is 0 Å².